The zero-order valence-corrected chi connectivity index (χ0v) is 14.5. The molecule has 1 aliphatic heterocycles. The van der Waals surface area contributed by atoms with E-state index in [9.17, 15) is 13.2 Å². The molecule has 0 spiro atoms. The molecule has 136 valence electrons. The first-order valence-electron chi connectivity index (χ1n) is 7.93. The van der Waals surface area contributed by atoms with Gasteiger partial charge in [-0.15, -0.1) is 11.8 Å². The number of halogens is 3. The lowest BCUT2D eigenvalue weighted by Crippen LogP contribution is -2.24. The molecule has 1 aromatic heterocycles. The highest BCUT2D eigenvalue weighted by molar-refractivity contribution is 8.00. The van der Waals surface area contributed by atoms with E-state index in [1.807, 2.05) is 6.07 Å². The van der Waals surface area contributed by atoms with Crippen LogP contribution in [0.4, 0.5) is 13.2 Å². The summed E-state index contributed by atoms with van der Waals surface area (Å²) < 4.78 is 51.3. The number of thioether (sulfide) groups is 1. The molecule has 1 fully saturated rings. The number of ether oxygens (including phenoxy) is 2. The zero-order valence-electron chi connectivity index (χ0n) is 13.7. The van der Waals surface area contributed by atoms with Crippen LogP contribution in [-0.4, -0.2) is 28.7 Å². The van der Waals surface area contributed by atoms with Crippen LogP contribution in [0.25, 0.3) is 0 Å². The normalized spacial score (nSPS) is 21.4. The second-order valence-corrected chi connectivity index (χ2v) is 7.20. The predicted molar refractivity (Wildman–Crippen MR) is 88.3 cm³/mol. The van der Waals surface area contributed by atoms with Gasteiger partial charge in [0, 0.05) is 30.1 Å². The lowest BCUT2D eigenvalue weighted by atomic mass is 10.1. The SMILES string of the molecule is COCn1nccc1C1CC(Sc2cccc(C(F)(F)F)c2)CCO1. The topological polar surface area (TPSA) is 36.3 Å². The Morgan fingerprint density at radius 3 is 2.96 bits per heavy atom. The zero-order chi connectivity index (χ0) is 17.9. The molecule has 1 saturated heterocycles. The van der Waals surface area contributed by atoms with Gasteiger partial charge in [0.05, 0.1) is 11.3 Å². The van der Waals surface area contributed by atoms with E-state index >= 15 is 0 Å². The summed E-state index contributed by atoms with van der Waals surface area (Å²) in [7, 11) is 1.60. The van der Waals surface area contributed by atoms with Crippen LogP contribution in [-0.2, 0) is 22.4 Å². The Hall–Kier alpha value is -1.51. The molecule has 25 heavy (non-hydrogen) atoms. The molecular formula is C17H19F3N2O2S. The quantitative estimate of drug-likeness (QED) is 0.773. The van der Waals surface area contributed by atoms with Crippen molar-refractivity contribution in [3.05, 3.63) is 47.8 Å². The number of nitrogens with zero attached hydrogens (tertiary/aromatic N) is 2. The average Bonchev–Trinajstić information content (AvgIpc) is 3.03. The van der Waals surface area contributed by atoms with Crippen LogP contribution < -0.4 is 0 Å². The highest BCUT2D eigenvalue weighted by Gasteiger charge is 2.31. The molecule has 0 N–H and O–H groups in total. The first-order chi connectivity index (χ1) is 12.0. The summed E-state index contributed by atoms with van der Waals surface area (Å²) in [4.78, 5) is 0.630. The Morgan fingerprint density at radius 1 is 1.36 bits per heavy atom. The van der Waals surface area contributed by atoms with Gasteiger partial charge in [-0.3, -0.25) is 0 Å². The average molecular weight is 372 g/mol. The number of benzene rings is 1. The maximum Gasteiger partial charge on any atom is 0.416 e. The third kappa shape index (κ3) is 4.56. The molecule has 2 atom stereocenters. The van der Waals surface area contributed by atoms with Crippen molar-refractivity contribution >= 4 is 11.8 Å². The number of hydrogen-bond donors (Lipinski definition) is 0. The highest BCUT2D eigenvalue weighted by atomic mass is 32.2. The Labute approximate surface area is 148 Å². The third-order valence-electron chi connectivity index (χ3n) is 4.03. The lowest BCUT2D eigenvalue weighted by molar-refractivity contribution is -0.137. The van der Waals surface area contributed by atoms with Crippen molar-refractivity contribution in [3.63, 3.8) is 0 Å². The third-order valence-corrected chi connectivity index (χ3v) is 5.32. The number of hydrogen-bond acceptors (Lipinski definition) is 4. The van der Waals surface area contributed by atoms with Crippen LogP contribution in [0, 0.1) is 0 Å². The summed E-state index contributed by atoms with van der Waals surface area (Å²) in [6.45, 7) is 0.910. The van der Waals surface area contributed by atoms with Crippen molar-refractivity contribution in [1.29, 1.82) is 0 Å². The van der Waals surface area contributed by atoms with E-state index in [2.05, 4.69) is 5.10 Å². The lowest BCUT2D eigenvalue weighted by Gasteiger charge is -2.29. The second-order valence-electron chi connectivity index (χ2n) is 5.82. The molecular weight excluding hydrogens is 353 g/mol. The maximum atomic E-state index is 12.9. The van der Waals surface area contributed by atoms with Crippen LogP contribution in [0.3, 0.4) is 0 Å². The van der Waals surface area contributed by atoms with Gasteiger partial charge in [0.25, 0.3) is 0 Å². The van der Waals surface area contributed by atoms with Crippen LogP contribution in [0.15, 0.2) is 41.4 Å². The molecule has 4 nitrogen and oxygen atoms in total. The summed E-state index contributed by atoms with van der Waals surface area (Å²) in [6.07, 6.45) is -1.23. The number of rotatable bonds is 5. The molecule has 3 rings (SSSR count). The first-order valence-corrected chi connectivity index (χ1v) is 8.81. The molecule has 0 saturated carbocycles. The number of methoxy groups -OCH3 is 1. The highest BCUT2D eigenvalue weighted by Crippen LogP contribution is 2.39. The fourth-order valence-electron chi connectivity index (χ4n) is 2.86. The molecule has 8 heteroatoms. The van der Waals surface area contributed by atoms with E-state index in [-0.39, 0.29) is 11.4 Å². The Kier molecular flexibility index (Phi) is 5.71. The van der Waals surface area contributed by atoms with Gasteiger partial charge in [-0.25, -0.2) is 4.68 Å². The summed E-state index contributed by atoms with van der Waals surface area (Å²) in [5, 5.41) is 4.40. The first kappa shape index (κ1) is 18.3. The molecule has 1 aliphatic rings. The van der Waals surface area contributed by atoms with E-state index in [4.69, 9.17) is 9.47 Å². The minimum absolute atomic E-state index is 0.130. The van der Waals surface area contributed by atoms with E-state index in [1.54, 1.807) is 24.1 Å². The molecule has 0 radical (unpaired) electrons. The monoisotopic (exact) mass is 372 g/mol. The molecule has 2 heterocycles. The van der Waals surface area contributed by atoms with Crippen LogP contribution >= 0.6 is 11.8 Å². The largest absolute Gasteiger partial charge is 0.416 e. The van der Waals surface area contributed by atoms with Gasteiger partial charge in [-0.2, -0.15) is 18.3 Å². The smallest absolute Gasteiger partial charge is 0.372 e. The molecule has 0 bridgehead atoms. The van der Waals surface area contributed by atoms with E-state index in [0.29, 0.717) is 18.2 Å². The van der Waals surface area contributed by atoms with Crippen molar-refractivity contribution in [2.75, 3.05) is 13.7 Å². The molecule has 0 aliphatic carbocycles. The fraction of sp³-hybridized carbons (Fsp3) is 0.471. The molecule has 0 amide bonds. The Morgan fingerprint density at radius 2 is 2.20 bits per heavy atom. The minimum atomic E-state index is -4.32. The maximum absolute atomic E-state index is 12.9. The predicted octanol–water partition coefficient (Wildman–Crippen LogP) is 4.52. The van der Waals surface area contributed by atoms with Gasteiger partial charge in [0.2, 0.25) is 0 Å². The molecule has 1 aromatic carbocycles. The minimum Gasteiger partial charge on any atom is -0.372 e. The van der Waals surface area contributed by atoms with Crippen molar-refractivity contribution in [2.45, 2.75) is 42.0 Å². The number of alkyl halides is 3. The number of aromatic nitrogens is 2. The van der Waals surface area contributed by atoms with Gasteiger partial charge >= 0.3 is 6.18 Å². The fourth-order valence-corrected chi connectivity index (χ4v) is 4.09. The van der Waals surface area contributed by atoms with Crippen molar-refractivity contribution in [1.82, 2.24) is 9.78 Å². The Bertz CT molecular complexity index is 705. The van der Waals surface area contributed by atoms with E-state index in [1.165, 1.54) is 23.9 Å². The van der Waals surface area contributed by atoms with Crippen molar-refractivity contribution in [3.8, 4) is 0 Å². The second kappa shape index (κ2) is 7.80. The van der Waals surface area contributed by atoms with Gasteiger partial charge < -0.3 is 9.47 Å². The van der Waals surface area contributed by atoms with Gasteiger partial charge in [0.1, 0.15) is 12.8 Å². The summed E-state index contributed by atoms with van der Waals surface area (Å²) in [6, 6.07) is 7.38. The van der Waals surface area contributed by atoms with E-state index in [0.717, 1.165) is 24.6 Å². The van der Waals surface area contributed by atoms with Gasteiger partial charge in [0.15, 0.2) is 0 Å². The Balaban J connectivity index is 1.69. The van der Waals surface area contributed by atoms with Crippen LogP contribution in [0.1, 0.15) is 30.2 Å². The van der Waals surface area contributed by atoms with Gasteiger partial charge in [-0.05, 0) is 37.1 Å². The summed E-state index contributed by atoms with van der Waals surface area (Å²) in [5.74, 6) is 0. The molecule has 2 aromatic rings. The summed E-state index contributed by atoms with van der Waals surface area (Å²) >= 11 is 1.47. The molecule has 2 unspecified atom stereocenters. The van der Waals surface area contributed by atoms with E-state index < -0.39 is 11.7 Å². The van der Waals surface area contributed by atoms with Gasteiger partial charge in [-0.1, -0.05) is 6.07 Å². The summed E-state index contributed by atoms with van der Waals surface area (Å²) in [5.41, 5.74) is 0.315. The van der Waals surface area contributed by atoms with Crippen molar-refractivity contribution in [2.24, 2.45) is 0 Å². The van der Waals surface area contributed by atoms with Crippen LogP contribution in [0.5, 0.6) is 0 Å². The van der Waals surface area contributed by atoms with Crippen molar-refractivity contribution < 1.29 is 22.6 Å². The van der Waals surface area contributed by atoms with Crippen LogP contribution in [0.2, 0.25) is 0 Å². The standard InChI is InChI=1S/C17H19F3N2O2S/c1-23-11-22-15(5-7-21-22)16-10-14(6-8-24-16)25-13-4-2-3-12(9-13)17(18,19)20/h2-5,7,9,14,16H,6,8,10-11H2,1H3.